The number of benzene rings is 1. The van der Waals surface area contributed by atoms with Crippen molar-refractivity contribution in [1.29, 1.82) is 0 Å². The maximum atomic E-state index is 13.5. The zero-order valence-corrected chi connectivity index (χ0v) is 14.6. The lowest BCUT2D eigenvalue weighted by Gasteiger charge is -2.36. The van der Waals surface area contributed by atoms with E-state index < -0.39 is 29.9 Å². The van der Waals surface area contributed by atoms with E-state index in [1.807, 2.05) is 0 Å². The van der Waals surface area contributed by atoms with Crippen LogP contribution in [-0.4, -0.2) is 55.0 Å². The number of nitrogens with zero attached hydrogens (tertiary/aromatic N) is 3. The van der Waals surface area contributed by atoms with Gasteiger partial charge in [0.2, 0.25) is 5.90 Å². The van der Waals surface area contributed by atoms with Gasteiger partial charge in [-0.1, -0.05) is 6.07 Å². The molecule has 1 aliphatic heterocycles. The Balaban J connectivity index is 2.72. The van der Waals surface area contributed by atoms with Gasteiger partial charge in [-0.3, -0.25) is 0 Å². The second-order valence-electron chi connectivity index (χ2n) is 5.49. The highest BCUT2D eigenvalue weighted by Gasteiger charge is 2.74. The lowest BCUT2D eigenvalue weighted by molar-refractivity contribution is -0.293. The molecule has 150 valence electrons. The van der Waals surface area contributed by atoms with Crippen LogP contribution < -0.4 is 4.74 Å². The first-order valence-corrected chi connectivity index (χ1v) is 7.89. The second kappa shape index (κ2) is 7.28. The number of aliphatic imine (C=N–C) groups is 2. The Morgan fingerprint density at radius 2 is 1.63 bits per heavy atom. The van der Waals surface area contributed by atoms with Crippen molar-refractivity contribution < 1.29 is 35.8 Å². The molecule has 1 aromatic rings. The molecule has 0 saturated heterocycles. The molecule has 2 rings (SSSR count). The van der Waals surface area contributed by atoms with Gasteiger partial charge in [0.25, 0.3) is 6.02 Å². The Bertz CT molecular complexity index is 724. The maximum absolute atomic E-state index is 13.5. The van der Waals surface area contributed by atoms with Gasteiger partial charge in [-0.25, -0.2) is 4.99 Å². The summed E-state index contributed by atoms with van der Waals surface area (Å²) in [6.45, 7) is 3.28. The summed E-state index contributed by atoms with van der Waals surface area (Å²) in [4.78, 5) is 6.89. The number of ether oxygens (including phenoxy) is 2. The summed E-state index contributed by atoms with van der Waals surface area (Å²) < 4.78 is 91.4. The van der Waals surface area contributed by atoms with E-state index in [9.17, 15) is 26.3 Å². The average Bonchev–Trinajstić information content (AvgIpc) is 2.60. The van der Waals surface area contributed by atoms with Crippen molar-refractivity contribution in [2.45, 2.75) is 31.9 Å². The summed E-state index contributed by atoms with van der Waals surface area (Å²) >= 11 is 0. The highest BCUT2D eigenvalue weighted by atomic mass is 19.4. The second-order valence-corrected chi connectivity index (χ2v) is 5.49. The van der Waals surface area contributed by atoms with Gasteiger partial charge < -0.3 is 14.4 Å². The monoisotopic (exact) mass is 397 g/mol. The van der Waals surface area contributed by atoms with Crippen molar-refractivity contribution in [1.82, 2.24) is 4.90 Å². The van der Waals surface area contributed by atoms with Crippen LogP contribution in [0.25, 0.3) is 0 Å². The lowest BCUT2D eigenvalue weighted by atomic mass is 10.1. The number of hydrogen-bond donors (Lipinski definition) is 0. The summed E-state index contributed by atoms with van der Waals surface area (Å²) in [5.74, 6) is -0.629. The third-order valence-electron chi connectivity index (χ3n) is 3.85. The summed E-state index contributed by atoms with van der Waals surface area (Å²) in [7, 11) is 1.31. The molecule has 1 heterocycles. The molecular formula is C16H17F6N3O2. The first-order valence-electron chi connectivity index (χ1n) is 7.89. The maximum Gasteiger partial charge on any atom is 0.443 e. The minimum absolute atomic E-state index is 0.0898. The van der Waals surface area contributed by atoms with Crippen LogP contribution in [0.3, 0.4) is 0 Å². The first-order chi connectivity index (χ1) is 12.5. The van der Waals surface area contributed by atoms with Crippen molar-refractivity contribution in [3.63, 3.8) is 0 Å². The molecule has 0 N–H and O–H groups in total. The van der Waals surface area contributed by atoms with Crippen LogP contribution in [0.4, 0.5) is 26.3 Å². The zero-order valence-electron chi connectivity index (χ0n) is 14.6. The molecule has 0 spiro atoms. The standard InChI is InChI=1S/C16H17F6N3O2/c1-4-25(5-2)13-24-14(15(17,18)19,16(20,21)22)23-12(27-13)10-7-6-8-11(9-10)26-3/h6-9H,4-5H2,1-3H3. The molecule has 0 fully saturated rings. The van der Waals surface area contributed by atoms with E-state index >= 15 is 0 Å². The summed E-state index contributed by atoms with van der Waals surface area (Å²) in [5, 5.41) is 0. The fourth-order valence-electron chi connectivity index (χ4n) is 2.37. The highest BCUT2D eigenvalue weighted by molar-refractivity contribution is 6.03. The van der Waals surface area contributed by atoms with E-state index in [1.165, 1.54) is 31.4 Å². The van der Waals surface area contributed by atoms with Crippen LogP contribution in [-0.2, 0) is 4.74 Å². The molecule has 1 aliphatic rings. The molecule has 1 aromatic carbocycles. The van der Waals surface area contributed by atoms with Crippen molar-refractivity contribution in [3.05, 3.63) is 29.8 Å². The molecular weight excluding hydrogens is 380 g/mol. The lowest BCUT2D eigenvalue weighted by Crippen LogP contribution is -2.58. The van der Waals surface area contributed by atoms with Crippen molar-refractivity contribution in [2.75, 3.05) is 20.2 Å². The van der Waals surface area contributed by atoms with Crippen LogP contribution in [0.1, 0.15) is 19.4 Å². The molecule has 0 saturated carbocycles. The van der Waals surface area contributed by atoms with E-state index in [-0.39, 0.29) is 24.4 Å². The zero-order chi connectivity index (χ0) is 20.5. The number of hydrogen-bond acceptors (Lipinski definition) is 5. The molecule has 0 radical (unpaired) electrons. The Hall–Kier alpha value is -2.46. The Kier molecular flexibility index (Phi) is 5.62. The van der Waals surface area contributed by atoms with E-state index in [0.717, 1.165) is 4.90 Å². The average molecular weight is 397 g/mol. The highest BCUT2D eigenvalue weighted by Crippen LogP contribution is 2.48. The summed E-state index contributed by atoms with van der Waals surface area (Å²) in [6, 6.07) is 4.56. The van der Waals surface area contributed by atoms with Gasteiger partial charge in [-0.15, -0.1) is 0 Å². The molecule has 0 aromatic heterocycles. The predicted molar refractivity (Wildman–Crippen MR) is 85.8 cm³/mol. The smallest absolute Gasteiger partial charge is 0.443 e. The molecule has 0 atom stereocenters. The topological polar surface area (TPSA) is 46.4 Å². The van der Waals surface area contributed by atoms with Crippen LogP contribution in [0.15, 0.2) is 34.3 Å². The van der Waals surface area contributed by atoms with E-state index in [2.05, 4.69) is 9.98 Å². The van der Waals surface area contributed by atoms with Crippen molar-refractivity contribution in [3.8, 4) is 5.75 Å². The number of halogens is 6. The van der Waals surface area contributed by atoms with Crippen LogP contribution in [0, 0.1) is 0 Å². The van der Waals surface area contributed by atoms with Gasteiger partial charge in [0.15, 0.2) is 0 Å². The molecule has 27 heavy (non-hydrogen) atoms. The number of methoxy groups -OCH3 is 1. The number of alkyl halides is 6. The van der Waals surface area contributed by atoms with Crippen LogP contribution >= 0.6 is 0 Å². The SMILES string of the molecule is CCN(CC)C1=NC(C(F)(F)F)(C(F)(F)F)N=C(c2cccc(OC)c2)O1. The normalized spacial score (nSPS) is 16.9. The Morgan fingerprint density at radius 1 is 1.04 bits per heavy atom. The molecule has 0 bridgehead atoms. The van der Waals surface area contributed by atoms with Crippen LogP contribution in [0.5, 0.6) is 5.75 Å². The van der Waals surface area contributed by atoms with Gasteiger partial charge in [-0.2, -0.15) is 31.3 Å². The quantitative estimate of drug-likeness (QED) is 0.722. The first kappa shape index (κ1) is 20.8. The Labute approximate surface area is 151 Å². The minimum atomic E-state index is -5.82. The summed E-state index contributed by atoms with van der Waals surface area (Å²) in [6.07, 6.45) is -11.6. The third-order valence-corrected chi connectivity index (χ3v) is 3.85. The van der Waals surface area contributed by atoms with E-state index in [0.29, 0.717) is 0 Å². The summed E-state index contributed by atoms with van der Waals surface area (Å²) in [5.41, 5.74) is -4.76. The Morgan fingerprint density at radius 3 is 2.11 bits per heavy atom. The third kappa shape index (κ3) is 3.81. The van der Waals surface area contributed by atoms with Crippen LogP contribution in [0.2, 0.25) is 0 Å². The molecule has 0 unspecified atom stereocenters. The van der Waals surface area contributed by atoms with Gasteiger partial charge >= 0.3 is 18.0 Å². The molecule has 0 aliphatic carbocycles. The molecule has 5 nitrogen and oxygen atoms in total. The van der Waals surface area contributed by atoms with Gasteiger partial charge in [0.05, 0.1) is 7.11 Å². The number of amidine groups is 1. The van der Waals surface area contributed by atoms with Gasteiger partial charge in [0.1, 0.15) is 5.75 Å². The molecule has 11 heteroatoms. The fourth-order valence-corrected chi connectivity index (χ4v) is 2.37. The van der Waals surface area contributed by atoms with E-state index in [1.54, 1.807) is 13.8 Å². The largest absolute Gasteiger partial charge is 0.497 e. The van der Waals surface area contributed by atoms with Gasteiger partial charge in [0, 0.05) is 18.7 Å². The predicted octanol–water partition coefficient (Wildman–Crippen LogP) is 3.99. The fraction of sp³-hybridized carbons (Fsp3) is 0.500. The minimum Gasteiger partial charge on any atom is -0.497 e. The number of rotatable bonds is 4. The van der Waals surface area contributed by atoms with Crippen molar-refractivity contribution >= 4 is 11.9 Å². The van der Waals surface area contributed by atoms with Gasteiger partial charge in [-0.05, 0) is 32.0 Å². The molecule has 0 amide bonds. The van der Waals surface area contributed by atoms with Crippen molar-refractivity contribution in [2.24, 2.45) is 9.98 Å². The van der Waals surface area contributed by atoms with E-state index in [4.69, 9.17) is 9.47 Å².